The van der Waals surface area contributed by atoms with Gasteiger partial charge in [-0.1, -0.05) is 41.5 Å². The molecule has 0 atom stereocenters. The highest BCUT2D eigenvalue weighted by Gasteiger charge is 2.44. The predicted molar refractivity (Wildman–Crippen MR) is 139 cm³/mol. The van der Waals surface area contributed by atoms with Gasteiger partial charge in [0.2, 0.25) is 0 Å². The summed E-state index contributed by atoms with van der Waals surface area (Å²) in [7, 11) is 3.38. The third kappa shape index (κ3) is 7.08. The maximum atomic E-state index is 12.4. The van der Waals surface area contributed by atoms with E-state index in [4.69, 9.17) is 14.2 Å². The molecule has 5 nitrogen and oxygen atoms in total. The summed E-state index contributed by atoms with van der Waals surface area (Å²) in [6.45, 7) is 20.4. The highest BCUT2D eigenvalue weighted by atomic mass is 32.4. The van der Waals surface area contributed by atoms with E-state index in [9.17, 15) is 4.79 Å². The molecule has 184 valence electrons. The number of hydrogen-bond donors (Lipinski definition) is 0. The molecule has 1 aromatic rings. The van der Waals surface area contributed by atoms with Gasteiger partial charge >= 0.3 is 6.09 Å². The molecule has 0 aromatic heterocycles. The van der Waals surface area contributed by atoms with Crippen molar-refractivity contribution in [1.29, 1.82) is 0 Å². The topological polar surface area (TPSA) is 48.0 Å². The van der Waals surface area contributed by atoms with Crippen LogP contribution in [0.1, 0.15) is 67.9 Å². The van der Waals surface area contributed by atoms with Crippen LogP contribution in [0.25, 0.3) is 0 Å². The Labute approximate surface area is 201 Å². The van der Waals surface area contributed by atoms with E-state index in [-0.39, 0.29) is 6.09 Å². The van der Waals surface area contributed by atoms with Gasteiger partial charge in [-0.2, -0.15) is 0 Å². The second-order valence-electron chi connectivity index (χ2n) is 10.4. The fourth-order valence-corrected chi connectivity index (χ4v) is 13.8. The molecule has 0 aliphatic heterocycles. The Morgan fingerprint density at radius 3 is 1.84 bits per heavy atom. The Bertz CT molecular complexity index is 737. The molecule has 1 rings (SSSR count). The largest absolute Gasteiger partial charge is 0.493 e. The standard InChI is InChI=1S/C25H45NO4SSi/c1-17(2)32(18(3)4,19(5)6)31-23-16-22(29-12)21(28-11)15-20(23)13-14-26(10)24(27)30-25(7,8)9/h15-19H,13-14H2,1-12H3. The summed E-state index contributed by atoms with van der Waals surface area (Å²) in [5, 5.41) is 0. The third-order valence-electron chi connectivity index (χ3n) is 5.98. The summed E-state index contributed by atoms with van der Waals surface area (Å²) >= 11 is 2.07. The number of carbonyl (C=O) groups is 1. The summed E-state index contributed by atoms with van der Waals surface area (Å²) in [5.41, 5.74) is 2.54. The van der Waals surface area contributed by atoms with Crippen molar-refractivity contribution in [3.8, 4) is 11.5 Å². The molecule has 32 heavy (non-hydrogen) atoms. The van der Waals surface area contributed by atoms with Gasteiger partial charge in [0.05, 0.1) is 14.2 Å². The van der Waals surface area contributed by atoms with Crippen LogP contribution in [0.15, 0.2) is 17.0 Å². The minimum Gasteiger partial charge on any atom is -0.493 e. The van der Waals surface area contributed by atoms with Crippen LogP contribution in [0, 0.1) is 0 Å². The Balaban J connectivity index is 3.35. The quantitative estimate of drug-likeness (QED) is 0.325. The normalized spacial score (nSPS) is 12.5. The van der Waals surface area contributed by atoms with Crippen molar-refractivity contribution in [2.45, 2.75) is 95.9 Å². The molecule has 0 bridgehead atoms. The van der Waals surface area contributed by atoms with E-state index in [2.05, 4.69) is 64.9 Å². The van der Waals surface area contributed by atoms with E-state index in [1.807, 2.05) is 20.8 Å². The average molecular weight is 484 g/mol. The summed E-state index contributed by atoms with van der Waals surface area (Å²) in [4.78, 5) is 15.3. The van der Waals surface area contributed by atoms with Gasteiger partial charge in [0.25, 0.3) is 0 Å². The molecule has 7 heteroatoms. The SMILES string of the molecule is COc1cc(CCN(C)C(=O)OC(C)(C)C)c(S[Si](C(C)C)(C(C)C)C(C)C)cc1OC. The molecule has 1 amide bonds. The average Bonchev–Trinajstić information content (AvgIpc) is 2.67. The Morgan fingerprint density at radius 2 is 1.44 bits per heavy atom. The van der Waals surface area contributed by atoms with Crippen molar-refractivity contribution >= 4 is 24.5 Å². The molecule has 0 unspecified atom stereocenters. The Hall–Kier alpha value is -1.34. The minimum absolute atomic E-state index is 0.303. The first-order valence-electron chi connectivity index (χ1n) is 11.6. The second kappa shape index (κ2) is 11.7. The van der Waals surface area contributed by atoms with Gasteiger partial charge in [0, 0.05) is 18.5 Å². The lowest BCUT2D eigenvalue weighted by atomic mass is 10.1. The Kier molecular flexibility index (Phi) is 10.5. The molecule has 0 heterocycles. The van der Waals surface area contributed by atoms with E-state index in [1.165, 1.54) is 10.5 Å². The van der Waals surface area contributed by atoms with E-state index >= 15 is 0 Å². The van der Waals surface area contributed by atoms with Gasteiger partial charge in [-0.25, -0.2) is 4.79 Å². The lowest BCUT2D eigenvalue weighted by Gasteiger charge is -2.42. The lowest BCUT2D eigenvalue weighted by Crippen LogP contribution is -2.41. The molecule has 0 radical (unpaired) electrons. The number of carbonyl (C=O) groups excluding carboxylic acids is 1. The molecule has 1 aromatic carbocycles. The number of rotatable bonds is 10. The molecular weight excluding hydrogens is 438 g/mol. The van der Waals surface area contributed by atoms with Crippen LogP contribution in [0.5, 0.6) is 11.5 Å². The highest BCUT2D eigenvalue weighted by Crippen LogP contribution is 2.53. The number of likely N-dealkylation sites (N-methyl/N-ethyl adjacent to an activating group) is 1. The zero-order chi connectivity index (χ0) is 24.9. The molecular formula is C25H45NO4SSi. The molecule has 0 spiro atoms. The summed E-state index contributed by atoms with van der Waals surface area (Å²) in [6, 6.07) is 4.20. The van der Waals surface area contributed by atoms with E-state index in [0.717, 1.165) is 17.9 Å². The number of benzene rings is 1. The summed E-state index contributed by atoms with van der Waals surface area (Å²) in [5.74, 6) is 1.47. The molecule has 0 saturated heterocycles. The van der Waals surface area contributed by atoms with Crippen LogP contribution >= 0.6 is 11.2 Å². The number of nitrogens with zero attached hydrogens (tertiary/aromatic N) is 1. The first kappa shape index (κ1) is 28.7. The van der Waals surface area contributed by atoms with Gasteiger partial charge in [0.1, 0.15) is 12.8 Å². The van der Waals surface area contributed by atoms with Crippen LogP contribution in [-0.4, -0.2) is 51.6 Å². The number of methoxy groups -OCH3 is 2. The van der Waals surface area contributed by atoms with Crippen molar-refractivity contribution in [3.63, 3.8) is 0 Å². The van der Waals surface area contributed by atoms with Gasteiger partial charge in [-0.3, -0.25) is 0 Å². The fourth-order valence-electron chi connectivity index (χ4n) is 4.46. The summed E-state index contributed by atoms with van der Waals surface area (Å²) < 4.78 is 16.8. The number of hydrogen-bond acceptors (Lipinski definition) is 5. The van der Waals surface area contributed by atoms with E-state index < -0.39 is 12.8 Å². The monoisotopic (exact) mass is 483 g/mol. The zero-order valence-corrected chi connectivity index (χ0v) is 24.1. The van der Waals surface area contributed by atoms with Gasteiger partial charge in [-0.15, -0.1) is 11.2 Å². The number of amides is 1. The van der Waals surface area contributed by atoms with Crippen molar-refractivity contribution in [2.75, 3.05) is 27.8 Å². The third-order valence-corrected chi connectivity index (χ3v) is 18.3. The van der Waals surface area contributed by atoms with E-state index in [1.54, 1.807) is 26.2 Å². The van der Waals surface area contributed by atoms with Crippen LogP contribution in [0.2, 0.25) is 16.6 Å². The van der Waals surface area contributed by atoms with Crippen LogP contribution < -0.4 is 9.47 Å². The van der Waals surface area contributed by atoms with Gasteiger partial charge in [0.15, 0.2) is 11.5 Å². The summed E-state index contributed by atoms with van der Waals surface area (Å²) in [6.07, 6.45) is 0.416. The van der Waals surface area contributed by atoms with E-state index in [0.29, 0.717) is 23.2 Å². The van der Waals surface area contributed by atoms with Crippen molar-refractivity contribution in [3.05, 3.63) is 17.7 Å². The van der Waals surface area contributed by atoms with Crippen molar-refractivity contribution in [2.24, 2.45) is 0 Å². The zero-order valence-electron chi connectivity index (χ0n) is 22.3. The smallest absolute Gasteiger partial charge is 0.410 e. The van der Waals surface area contributed by atoms with Gasteiger partial charge in [-0.05, 0) is 61.5 Å². The van der Waals surface area contributed by atoms with Crippen LogP contribution in [-0.2, 0) is 11.2 Å². The molecule has 0 aliphatic carbocycles. The van der Waals surface area contributed by atoms with Crippen molar-refractivity contribution in [1.82, 2.24) is 4.90 Å². The Morgan fingerprint density at radius 1 is 0.969 bits per heavy atom. The molecule has 0 fully saturated rings. The molecule has 0 N–H and O–H groups in total. The first-order valence-corrected chi connectivity index (χ1v) is 15.3. The maximum absolute atomic E-state index is 12.4. The number of ether oxygens (including phenoxy) is 3. The van der Waals surface area contributed by atoms with Crippen molar-refractivity contribution < 1.29 is 19.0 Å². The van der Waals surface area contributed by atoms with Crippen LogP contribution in [0.4, 0.5) is 4.79 Å². The van der Waals surface area contributed by atoms with Crippen LogP contribution in [0.3, 0.4) is 0 Å². The fraction of sp³-hybridized carbons (Fsp3) is 0.720. The lowest BCUT2D eigenvalue weighted by molar-refractivity contribution is 0.0300. The molecule has 0 saturated carbocycles. The first-order chi connectivity index (χ1) is 14.7. The second-order valence-corrected chi connectivity index (χ2v) is 18.9. The van der Waals surface area contributed by atoms with Gasteiger partial charge < -0.3 is 19.1 Å². The predicted octanol–water partition coefficient (Wildman–Crippen LogP) is 7.38. The maximum Gasteiger partial charge on any atom is 0.410 e. The molecule has 0 aliphatic rings. The highest BCUT2D eigenvalue weighted by molar-refractivity contribution is 8.29. The minimum atomic E-state index is -1.76.